The third-order valence-corrected chi connectivity index (χ3v) is 4.47. The largest absolute Gasteiger partial charge is 0.300 e. The predicted octanol–water partition coefficient (Wildman–Crippen LogP) is 2.73. The topological polar surface area (TPSA) is 51.2 Å². The molecule has 1 aromatic rings. The highest BCUT2D eigenvalue weighted by molar-refractivity contribution is 7.95. The molecule has 0 aromatic heterocycles. The smallest absolute Gasteiger partial charge is 0.202 e. The van der Waals surface area contributed by atoms with Gasteiger partial charge < -0.3 is 4.79 Å². The molecule has 17 heavy (non-hydrogen) atoms. The molecule has 0 aliphatic rings. The van der Waals surface area contributed by atoms with E-state index >= 15 is 0 Å². The number of hydrogen-bond acceptors (Lipinski definition) is 3. The highest BCUT2D eigenvalue weighted by atomic mass is 32.2. The van der Waals surface area contributed by atoms with Gasteiger partial charge in [-0.1, -0.05) is 24.3 Å². The number of sulfone groups is 1. The fourth-order valence-corrected chi connectivity index (χ4v) is 2.98. The van der Waals surface area contributed by atoms with Crippen LogP contribution in [0.4, 0.5) is 0 Å². The number of carbonyl (C=O) groups excluding carboxylic acids is 1. The zero-order valence-electron chi connectivity index (χ0n) is 10.0. The molecule has 0 aliphatic carbocycles. The van der Waals surface area contributed by atoms with Crippen LogP contribution in [0.5, 0.6) is 0 Å². The molecule has 1 aromatic carbocycles. The number of ketones is 1. The van der Waals surface area contributed by atoms with E-state index in [1.165, 1.54) is 6.92 Å². The van der Waals surface area contributed by atoms with Gasteiger partial charge in [0.1, 0.15) is 5.78 Å². The fraction of sp³-hybridized carbons (Fsp3) is 0.308. The molecular weight excluding hydrogens is 236 g/mol. The normalized spacial score (nSPS) is 12.5. The molecule has 0 fully saturated rings. The molecule has 92 valence electrons. The van der Waals surface area contributed by atoms with Gasteiger partial charge in [0.2, 0.25) is 9.84 Å². The van der Waals surface area contributed by atoms with Crippen molar-refractivity contribution < 1.29 is 13.2 Å². The molecule has 0 atom stereocenters. The second kappa shape index (κ2) is 5.77. The minimum absolute atomic E-state index is 0.00684. The van der Waals surface area contributed by atoms with Gasteiger partial charge in [0, 0.05) is 11.3 Å². The summed E-state index contributed by atoms with van der Waals surface area (Å²) in [7, 11) is -3.44. The number of carbonyl (C=O) groups is 1. The first-order valence-corrected chi connectivity index (χ1v) is 6.91. The number of allylic oxidation sites excluding steroid dienone is 2. The Hall–Kier alpha value is -1.42. The molecule has 0 saturated heterocycles. The third kappa shape index (κ3) is 3.53. The van der Waals surface area contributed by atoms with Crippen LogP contribution in [0.25, 0.3) is 0 Å². The van der Waals surface area contributed by atoms with Gasteiger partial charge >= 0.3 is 0 Å². The second-order valence-corrected chi connectivity index (χ2v) is 5.78. The Labute approximate surface area is 102 Å². The third-order valence-electron chi connectivity index (χ3n) is 2.44. The quantitative estimate of drug-likeness (QED) is 0.809. The molecule has 0 N–H and O–H groups in total. The first kappa shape index (κ1) is 13.6. The van der Waals surface area contributed by atoms with Crippen molar-refractivity contribution in [2.24, 2.45) is 0 Å². The SMILES string of the molecule is C/C=C(\CCC(C)=O)S(=O)(=O)c1ccccc1. The van der Waals surface area contributed by atoms with Crippen molar-refractivity contribution in [3.8, 4) is 0 Å². The van der Waals surface area contributed by atoms with Crippen LogP contribution in [0.1, 0.15) is 26.7 Å². The van der Waals surface area contributed by atoms with E-state index in [0.717, 1.165) is 0 Å². The number of hydrogen-bond donors (Lipinski definition) is 0. The van der Waals surface area contributed by atoms with Gasteiger partial charge in [-0.25, -0.2) is 8.42 Å². The second-order valence-electron chi connectivity index (χ2n) is 3.77. The highest BCUT2D eigenvalue weighted by Gasteiger charge is 2.19. The van der Waals surface area contributed by atoms with Gasteiger partial charge in [-0.3, -0.25) is 0 Å². The molecule has 1 rings (SSSR count). The Kier molecular flexibility index (Phi) is 4.63. The summed E-state index contributed by atoms with van der Waals surface area (Å²) < 4.78 is 24.4. The van der Waals surface area contributed by atoms with Crippen LogP contribution in [-0.2, 0) is 14.6 Å². The molecule has 0 radical (unpaired) electrons. The predicted molar refractivity (Wildman–Crippen MR) is 67.3 cm³/mol. The van der Waals surface area contributed by atoms with E-state index in [9.17, 15) is 13.2 Å². The number of Topliss-reactive ketones (excluding diaryl/α,β-unsaturated/α-hetero) is 1. The van der Waals surface area contributed by atoms with Gasteiger partial charge in [-0.05, 0) is 32.4 Å². The van der Waals surface area contributed by atoms with Crippen molar-refractivity contribution in [1.29, 1.82) is 0 Å². The Morgan fingerprint density at radius 3 is 2.24 bits per heavy atom. The Morgan fingerprint density at radius 1 is 1.18 bits per heavy atom. The summed E-state index contributed by atoms with van der Waals surface area (Å²) in [4.78, 5) is 11.5. The zero-order chi connectivity index (χ0) is 12.9. The lowest BCUT2D eigenvalue weighted by molar-refractivity contribution is -0.116. The Morgan fingerprint density at radius 2 is 1.76 bits per heavy atom. The van der Waals surface area contributed by atoms with Crippen LogP contribution in [-0.4, -0.2) is 14.2 Å². The van der Waals surface area contributed by atoms with Crippen LogP contribution in [0, 0.1) is 0 Å². The van der Waals surface area contributed by atoms with Crippen LogP contribution in [0.2, 0.25) is 0 Å². The molecule has 4 heteroatoms. The number of rotatable bonds is 5. The maximum atomic E-state index is 12.2. The minimum atomic E-state index is -3.44. The van der Waals surface area contributed by atoms with Crippen LogP contribution in [0.3, 0.4) is 0 Å². The van der Waals surface area contributed by atoms with Crippen LogP contribution in [0.15, 0.2) is 46.2 Å². The van der Waals surface area contributed by atoms with Crippen molar-refractivity contribution in [3.63, 3.8) is 0 Å². The lowest BCUT2D eigenvalue weighted by Gasteiger charge is -2.07. The van der Waals surface area contributed by atoms with Crippen molar-refractivity contribution in [3.05, 3.63) is 41.3 Å². The van der Waals surface area contributed by atoms with Gasteiger partial charge in [-0.2, -0.15) is 0 Å². The molecule has 0 amide bonds. The lowest BCUT2D eigenvalue weighted by atomic mass is 10.2. The summed E-state index contributed by atoms with van der Waals surface area (Å²) in [6.45, 7) is 3.14. The molecule has 3 nitrogen and oxygen atoms in total. The first-order chi connectivity index (χ1) is 7.98. The van der Waals surface area contributed by atoms with Crippen molar-refractivity contribution in [2.75, 3.05) is 0 Å². The van der Waals surface area contributed by atoms with Crippen LogP contribution < -0.4 is 0 Å². The lowest BCUT2D eigenvalue weighted by Crippen LogP contribution is -2.06. The van der Waals surface area contributed by atoms with E-state index in [1.54, 1.807) is 43.3 Å². The summed E-state index contributed by atoms with van der Waals surface area (Å²) in [5.74, 6) is -0.00684. The highest BCUT2D eigenvalue weighted by Crippen LogP contribution is 2.22. The fourth-order valence-electron chi connectivity index (χ4n) is 1.48. The van der Waals surface area contributed by atoms with Gasteiger partial charge in [0.15, 0.2) is 0 Å². The minimum Gasteiger partial charge on any atom is -0.300 e. The van der Waals surface area contributed by atoms with E-state index < -0.39 is 9.84 Å². The standard InChI is InChI=1S/C13H16O3S/c1-3-12(10-9-11(2)14)17(15,16)13-7-5-4-6-8-13/h3-8H,9-10H2,1-2H3/b12-3+. The summed E-state index contributed by atoms with van der Waals surface area (Å²) >= 11 is 0. The van der Waals surface area contributed by atoms with E-state index in [4.69, 9.17) is 0 Å². The monoisotopic (exact) mass is 252 g/mol. The van der Waals surface area contributed by atoms with Crippen molar-refractivity contribution >= 4 is 15.6 Å². The average molecular weight is 252 g/mol. The Bertz CT molecular complexity index is 513. The van der Waals surface area contributed by atoms with Gasteiger partial charge in [0.25, 0.3) is 0 Å². The zero-order valence-corrected chi connectivity index (χ0v) is 10.8. The van der Waals surface area contributed by atoms with Gasteiger partial charge in [0.05, 0.1) is 4.90 Å². The molecule has 0 saturated carbocycles. The molecule has 0 aliphatic heterocycles. The average Bonchev–Trinajstić information content (AvgIpc) is 2.30. The summed E-state index contributed by atoms with van der Waals surface area (Å²) in [6, 6.07) is 8.26. The molecule has 0 heterocycles. The van der Waals surface area contributed by atoms with Crippen molar-refractivity contribution in [1.82, 2.24) is 0 Å². The maximum absolute atomic E-state index is 12.2. The Balaban J connectivity index is 3.01. The maximum Gasteiger partial charge on any atom is 0.202 e. The van der Waals surface area contributed by atoms with E-state index in [2.05, 4.69) is 0 Å². The van der Waals surface area contributed by atoms with Crippen LogP contribution >= 0.6 is 0 Å². The van der Waals surface area contributed by atoms with E-state index in [-0.39, 0.29) is 23.5 Å². The van der Waals surface area contributed by atoms with Crippen molar-refractivity contribution in [2.45, 2.75) is 31.6 Å². The summed E-state index contributed by atoms with van der Waals surface area (Å²) in [5, 5.41) is 0. The van der Waals surface area contributed by atoms with E-state index in [1.807, 2.05) is 0 Å². The first-order valence-electron chi connectivity index (χ1n) is 5.43. The molecule has 0 bridgehead atoms. The summed E-state index contributed by atoms with van der Waals surface area (Å²) in [6.07, 6.45) is 2.08. The van der Waals surface area contributed by atoms with E-state index in [0.29, 0.717) is 4.91 Å². The molecule has 0 spiro atoms. The molecule has 0 unspecified atom stereocenters. The number of benzene rings is 1. The summed E-state index contributed by atoms with van der Waals surface area (Å²) in [5.41, 5.74) is 0. The molecular formula is C13H16O3S. The van der Waals surface area contributed by atoms with Gasteiger partial charge in [-0.15, -0.1) is 0 Å².